The van der Waals surface area contributed by atoms with Gasteiger partial charge in [0.15, 0.2) is 5.13 Å². The number of fused-ring (bicyclic) bond motifs is 1. The number of benzene rings is 1. The average molecular weight is 375 g/mol. The molecule has 0 saturated carbocycles. The zero-order valence-electron chi connectivity index (χ0n) is 15.4. The third kappa shape index (κ3) is 3.78. The maximum atomic E-state index is 14.0. The molecule has 0 saturated heterocycles. The van der Waals surface area contributed by atoms with E-state index in [0.717, 1.165) is 17.7 Å². The summed E-state index contributed by atoms with van der Waals surface area (Å²) < 4.78 is 20.3. The van der Waals surface area contributed by atoms with Crippen molar-refractivity contribution in [3.8, 4) is 0 Å². The van der Waals surface area contributed by atoms with Gasteiger partial charge in [0.1, 0.15) is 22.9 Å². The highest BCUT2D eigenvalue weighted by atomic mass is 32.1. The van der Waals surface area contributed by atoms with Gasteiger partial charge >= 0.3 is 0 Å². The van der Waals surface area contributed by atoms with Crippen molar-refractivity contribution in [1.82, 2.24) is 9.88 Å². The van der Waals surface area contributed by atoms with Crippen LogP contribution in [0.15, 0.2) is 28.7 Å². The van der Waals surface area contributed by atoms with Gasteiger partial charge in [0, 0.05) is 6.54 Å². The predicted octanol–water partition coefficient (Wildman–Crippen LogP) is 4.24. The summed E-state index contributed by atoms with van der Waals surface area (Å²) in [5, 5.41) is 0.507. The number of hydrogen-bond acceptors (Lipinski definition) is 5. The van der Waals surface area contributed by atoms with E-state index >= 15 is 0 Å². The van der Waals surface area contributed by atoms with Crippen LogP contribution in [-0.2, 0) is 0 Å². The highest BCUT2D eigenvalue weighted by Crippen LogP contribution is 2.31. The van der Waals surface area contributed by atoms with E-state index in [4.69, 9.17) is 4.42 Å². The number of anilines is 1. The Kier molecular flexibility index (Phi) is 5.38. The first-order chi connectivity index (χ1) is 12.4. The molecule has 0 fully saturated rings. The Hall–Kier alpha value is -2.25. The lowest BCUT2D eigenvalue weighted by Crippen LogP contribution is -2.33. The first kappa shape index (κ1) is 18.5. The summed E-state index contributed by atoms with van der Waals surface area (Å²) in [7, 11) is 3.98. The summed E-state index contributed by atoms with van der Waals surface area (Å²) in [5.74, 6) is 0.727. The largest absolute Gasteiger partial charge is 0.466 e. The number of para-hydroxylation sites is 1. The third-order valence-electron chi connectivity index (χ3n) is 4.09. The molecule has 0 N–H and O–H groups in total. The summed E-state index contributed by atoms with van der Waals surface area (Å²) in [5.41, 5.74) is 0.824. The van der Waals surface area contributed by atoms with Crippen molar-refractivity contribution in [2.24, 2.45) is 0 Å². The molecule has 2 aromatic heterocycles. The summed E-state index contributed by atoms with van der Waals surface area (Å²) in [6.07, 6.45) is 0.785. The van der Waals surface area contributed by atoms with Crippen LogP contribution >= 0.6 is 11.3 Å². The van der Waals surface area contributed by atoms with Crippen LogP contribution in [-0.4, -0.2) is 43.0 Å². The molecule has 0 spiro atoms. The Morgan fingerprint density at radius 3 is 2.65 bits per heavy atom. The number of aromatic nitrogens is 1. The molecule has 3 rings (SSSR count). The fourth-order valence-corrected chi connectivity index (χ4v) is 3.84. The second-order valence-corrected chi connectivity index (χ2v) is 7.53. The lowest BCUT2D eigenvalue weighted by molar-refractivity contribution is 0.0984. The molecule has 0 radical (unpaired) electrons. The fourth-order valence-electron chi connectivity index (χ4n) is 2.84. The molecule has 0 bridgehead atoms. The molecule has 0 atom stereocenters. The highest BCUT2D eigenvalue weighted by Gasteiger charge is 2.25. The molecule has 0 aliphatic heterocycles. The molecule has 26 heavy (non-hydrogen) atoms. The topological polar surface area (TPSA) is 49.6 Å². The van der Waals surface area contributed by atoms with Crippen molar-refractivity contribution in [3.63, 3.8) is 0 Å². The van der Waals surface area contributed by atoms with Crippen molar-refractivity contribution in [3.05, 3.63) is 47.2 Å². The van der Waals surface area contributed by atoms with Crippen LogP contribution < -0.4 is 4.90 Å². The lowest BCUT2D eigenvalue weighted by Gasteiger charge is -2.20. The van der Waals surface area contributed by atoms with E-state index < -0.39 is 0 Å². The lowest BCUT2D eigenvalue weighted by atomic mass is 10.2. The average Bonchev–Trinajstić information content (AvgIpc) is 3.14. The van der Waals surface area contributed by atoms with Crippen molar-refractivity contribution in [1.29, 1.82) is 0 Å². The van der Waals surface area contributed by atoms with E-state index in [2.05, 4.69) is 9.88 Å². The molecule has 3 aromatic rings. The van der Waals surface area contributed by atoms with Gasteiger partial charge in [0.2, 0.25) is 0 Å². The van der Waals surface area contributed by atoms with E-state index in [1.807, 2.05) is 27.1 Å². The Morgan fingerprint density at radius 1 is 1.27 bits per heavy atom. The van der Waals surface area contributed by atoms with Crippen LogP contribution in [0.2, 0.25) is 0 Å². The smallest absolute Gasteiger partial charge is 0.263 e. The zero-order valence-corrected chi connectivity index (χ0v) is 16.2. The number of aryl methyl sites for hydroxylation is 2. The fraction of sp³-hybridized carbons (Fsp3) is 0.368. The molecular weight excluding hydrogens is 353 g/mol. The number of furan rings is 1. The van der Waals surface area contributed by atoms with Crippen molar-refractivity contribution in [2.75, 3.05) is 32.1 Å². The first-order valence-corrected chi connectivity index (χ1v) is 9.27. The van der Waals surface area contributed by atoms with Crippen molar-refractivity contribution in [2.45, 2.75) is 20.3 Å². The minimum absolute atomic E-state index is 0.169. The number of carbonyl (C=O) groups excluding carboxylic acids is 1. The van der Waals surface area contributed by atoms with Gasteiger partial charge in [-0.1, -0.05) is 17.4 Å². The summed E-state index contributed by atoms with van der Waals surface area (Å²) in [6.45, 7) is 4.93. The Balaban J connectivity index is 1.97. The number of amides is 1. The molecule has 5 nitrogen and oxygen atoms in total. The number of thiazole rings is 1. The van der Waals surface area contributed by atoms with Gasteiger partial charge in [-0.25, -0.2) is 9.37 Å². The predicted molar refractivity (Wildman–Crippen MR) is 103 cm³/mol. The summed E-state index contributed by atoms with van der Waals surface area (Å²) in [4.78, 5) is 21.2. The van der Waals surface area contributed by atoms with Gasteiger partial charge in [0.25, 0.3) is 5.91 Å². The summed E-state index contributed by atoms with van der Waals surface area (Å²) >= 11 is 1.32. The number of carbonyl (C=O) groups is 1. The maximum absolute atomic E-state index is 14.0. The van der Waals surface area contributed by atoms with E-state index in [1.54, 1.807) is 24.0 Å². The van der Waals surface area contributed by atoms with Crippen LogP contribution in [0.4, 0.5) is 9.52 Å². The van der Waals surface area contributed by atoms with E-state index in [9.17, 15) is 9.18 Å². The van der Waals surface area contributed by atoms with Gasteiger partial charge in [-0.2, -0.15) is 0 Å². The maximum Gasteiger partial charge on any atom is 0.263 e. The van der Waals surface area contributed by atoms with Crippen LogP contribution in [0, 0.1) is 19.7 Å². The molecular formula is C19H22FN3O2S. The van der Waals surface area contributed by atoms with Crippen molar-refractivity contribution >= 4 is 32.6 Å². The third-order valence-corrected chi connectivity index (χ3v) is 5.14. The van der Waals surface area contributed by atoms with Gasteiger partial charge < -0.3 is 9.32 Å². The minimum atomic E-state index is -0.374. The van der Waals surface area contributed by atoms with Crippen molar-refractivity contribution < 1.29 is 13.6 Å². The van der Waals surface area contributed by atoms with Gasteiger partial charge in [0.05, 0.1) is 10.3 Å². The molecule has 0 aliphatic carbocycles. The number of halogens is 1. The molecule has 138 valence electrons. The quantitative estimate of drug-likeness (QED) is 0.646. The highest BCUT2D eigenvalue weighted by molar-refractivity contribution is 7.22. The molecule has 1 amide bonds. The second kappa shape index (κ2) is 7.55. The second-order valence-electron chi connectivity index (χ2n) is 6.52. The molecule has 2 heterocycles. The molecule has 1 aromatic carbocycles. The van der Waals surface area contributed by atoms with E-state index in [1.165, 1.54) is 17.4 Å². The van der Waals surface area contributed by atoms with Gasteiger partial charge in [-0.05, 0) is 59.1 Å². The number of rotatable bonds is 6. The van der Waals surface area contributed by atoms with E-state index in [-0.39, 0.29) is 11.7 Å². The SMILES string of the molecule is Cc1cc(C(=O)N(CCCN(C)C)c2nc3c(F)cccc3s2)c(C)o1. The first-order valence-electron chi connectivity index (χ1n) is 8.45. The minimum Gasteiger partial charge on any atom is -0.466 e. The van der Waals surface area contributed by atoms with Crippen LogP contribution in [0.5, 0.6) is 0 Å². The number of nitrogens with zero attached hydrogens (tertiary/aromatic N) is 3. The van der Waals surface area contributed by atoms with Gasteiger partial charge in [-0.3, -0.25) is 9.69 Å². The normalized spacial score (nSPS) is 11.5. The van der Waals surface area contributed by atoms with E-state index in [0.29, 0.717) is 34.3 Å². The van der Waals surface area contributed by atoms with Crippen LogP contribution in [0.3, 0.4) is 0 Å². The van der Waals surface area contributed by atoms with Crippen LogP contribution in [0.25, 0.3) is 10.2 Å². The summed E-state index contributed by atoms with van der Waals surface area (Å²) in [6, 6.07) is 6.59. The monoisotopic (exact) mass is 375 g/mol. The number of hydrogen-bond donors (Lipinski definition) is 0. The molecule has 7 heteroatoms. The molecule has 0 aliphatic rings. The Bertz CT molecular complexity index is 932. The standard InChI is InChI=1S/C19H22FN3O2S/c1-12-11-14(13(2)25-12)18(24)23(10-6-9-22(3)4)19-21-17-15(20)7-5-8-16(17)26-19/h5,7-8,11H,6,9-10H2,1-4H3. The van der Waals surface area contributed by atoms with Crippen LogP contribution in [0.1, 0.15) is 28.3 Å². The van der Waals surface area contributed by atoms with Gasteiger partial charge in [-0.15, -0.1) is 0 Å². The zero-order chi connectivity index (χ0) is 18.8. The molecule has 0 unspecified atom stereocenters. The Morgan fingerprint density at radius 2 is 2.04 bits per heavy atom. The Labute approximate surface area is 156 Å².